The molecule has 3 aromatic rings. The fourth-order valence-corrected chi connectivity index (χ4v) is 4.10. The van der Waals surface area contributed by atoms with Crippen molar-refractivity contribution in [3.63, 3.8) is 0 Å². The summed E-state index contributed by atoms with van der Waals surface area (Å²) in [5.41, 5.74) is 0.816. The Balaban J connectivity index is 1.52. The minimum absolute atomic E-state index is 0.0779. The maximum atomic E-state index is 13.1. The second-order valence-corrected chi connectivity index (χ2v) is 7.51. The molecule has 2 aliphatic rings. The average molecular weight is 427 g/mol. The van der Waals surface area contributed by atoms with Crippen LogP contribution in [0.4, 0.5) is 29.5 Å². The third-order valence-corrected chi connectivity index (χ3v) is 5.63. The third kappa shape index (κ3) is 3.28. The summed E-state index contributed by atoms with van der Waals surface area (Å²) in [5, 5.41) is 13.0. The Morgan fingerprint density at radius 3 is 2.71 bits per heavy atom. The average Bonchev–Trinajstić information content (AvgIpc) is 3.02. The van der Waals surface area contributed by atoms with Gasteiger partial charge >= 0.3 is 12.2 Å². The number of carbonyl (C=O) groups is 1. The molecule has 158 valence electrons. The van der Waals surface area contributed by atoms with Crippen LogP contribution in [0.15, 0.2) is 55.1 Å². The van der Waals surface area contributed by atoms with Gasteiger partial charge in [0.15, 0.2) is 0 Å². The van der Waals surface area contributed by atoms with E-state index in [1.165, 1.54) is 17.3 Å². The van der Waals surface area contributed by atoms with Gasteiger partial charge in [0.05, 0.1) is 35.3 Å². The van der Waals surface area contributed by atoms with Crippen LogP contribution in [-0.4, -0.2) is 38.2 Å². The summed E-state index contributed by atoms with van der Waals surface area (Å²) in [6.45, 7) is 0. The Morgan fingerprint density at radius 2 is 2.00 bits per heavy atom. The van der Waals surface area contributed by atoms with Crippen LogP contribution in [0, 0.1) is 0 Å². The SMILES string of the molecule is O=C(Nc1cccnc1)N1c2nc(-c3cncc(C(F)(F)F)c3)ccc2C2C[C@@H](O)C21. The van der Waals surface area contributed by atoms with Crippen molar-refractivity contribution >= 4 is 17.5 Å². The fourth-order valence-electron chi connectivity index (χ4n) is 4.10. The van der Waals surface area contributed by atoms with Crippen molar-refractivity contribution in [2.45, 2.75) is 30.7 Å². The molecule has 4 heterocycles. The van der Waals surface area contributed by atoms with E-state index in [1.807, 2.05) is 0 Å². The number of urea groups is 1. The summed E-state index contributed by atoms with van der Waals surface area (Å²) >= 11 is 0. The van der Waals surface area contributed by atoms with E-state index in [4.69, 9.17) is 0 Å². The van der Waals surface area contributed by atoms with Crippen molar-refractivity contribution in [2.75, 3.05) is 10.2 Å². The number of alkyl halides is 3. The largest absolute Gasteiger partial charge is 0.417 e. The number of anilines is 2. The predicted molar refractivity (Wildman–Crippen MR) is 105 cm³/mol. The number of nitrogens with zero attached hydrogens (tertiary/aromatic N) is 4. The Kier molecular flexibility index (Phi) is 4.40. The van der Waals surface area contributed by atoms with Gasteiger partial charge < -0.3 is 10.4 Å². The van der Waals surface area contributed by atoms with E-state index in [1.54, 1.807) is 30.5 Å². The lowest BCUT2D eigenvalue weighted by Gasteiger charge is -2.40. The lowest BCUT2D eigenvalue weighted by atomic mass is 9.75. The molecule has 31 heavy (non-hydrogen) atoms. The molecule has 1 aliphatic heterocycles. The van der Waals surface area contributed by atoms with Crippen LogP contribution in [-0.2, 0) is 6.18 Å². The molecule has 0 bridgehead atoms. The molecule has 7 nitrogen and oxygen atoms in total. The normalized spacial score (nSPS) is 21.8. The molecule has 2 N–H and O–H groups in total. The van der Waals surface area contributed by atoms with E-state index in [9.17, 15) is 23.1 Å². The summed E-state index contributed by atoms with van der Waals surface area (Å²) in [5.74, 6) is 0.244. The van der Waals surface area contributed by atoms with Crippen LogP contribution in [0.3, 0.4) is 0 Å². The Bertz CT molecular complexity index is 1160. The number of carbonyl (C=O) groups excluding carboxylic acids is 1. The van der Waals surface area contributed by atoms with E-state index in [0.29, 0.717) is 17.9 Å². The molecule has 3 atom stereocenters. The van der Waals surface area contributed by atoms with E-state index in [2.05, 4.69) is 20.3 Å². The number of halogens is 3. The maximum Gasteiger partial charge on any atom is 0.417 e. The zero-order valence-corrected chi connectivity index (χ0v) is 15.9. The molecule has 0 radical (unpaired) electrons. The van der Waals surface area contributed by atoms with Crippen LogP contribution in [0.5, 0.6) is 0 Å². The van der Waals surface area contributed by atoms with E-state index in [0.717, 1.165) is 17.8 Å². The Morgan fingerprint density at radius 1 is 1.16 bits per heavy atom. The first-order chi connectivity index (χ1) is 14.8. The topological polar surface area (TPSA) is 91.2 Å². The highest BCUT2D eigenvalue weighted by Crippen LogP contribution is 2.51. The van der Waals surface area contributed by atoms with Crippen LogP contribution in [0.2, 0.25) is 0 Å². The quantitative estimate of drug-likeness (QED) is 0.649. The van der Waals surface area contributed by atoms with Gasteiger partial charge in [0.2, 0.25) is 0 Å². The number of rotatable bonds is 2. The number of aliphatic hydroxyl groups is 1. The first-order valence-corrected chi connectivity index (χ1v) is 9.55. The number of nitrogens with one attached hydrogen (secondary N) is 1. The van der Waals surface area contributed by atoms with Crippen LogP contribution in [0.25, 0.3) is 11.3 Å². The van der Waals surface area contributed by atoms with Crippen molar-refractivity contribution in [1.29, 1.82) is 0 Å². The molecule has 0 aromatic carbocycles. The van der Waals surface area contributed by atoms with Gasteiger partial charge in [0.1, 0.15) is 5.82 Å². The lowest BCUT2D eigenvalue weighted by molar-refractivity contribution is -0.137. The fraction of sp³-hybridized carbons (Fsp3) is 0.238. The highest BCUT2D eigenvalue weighted by atomic mass is 19.4. The van der Waals surface area contributed by atoms with Gasteiger partial charge in [-0.2, -0.15) is 13.2 Å². The van der Waals surface area contributed by atoms with Gasteiger partial charge in [-0.05, 0) is 30.7 Å². The number of hydrogen-bond acceptors (Lipinski definition) is 5. The van der Waals surface area contributed by atoms with Crippen molar-refractivity contribution in [3.8, 4) is 11.3 Å². The van der Waals surface area contributed by atoms with Crippen LogP contribution in [0.1, 0.15) is 23.5 Å². The number of pyridine rings is 3. The monoisotopic (exact) mass is 427 g/mol. The minimum atomic E-state index is -4.53. The van der Waals surface area contributed by atoms with Crippen molar-refractivity contribution in [3.05, 3.63) is 66.2 Å². The van der Waals surface area contributed by atoms with E-state index >= 15 is 0 Å². The number of aromatic nitrogens is 3. The summed E-state index contributed by atoms with van der Waals surface area (Å²) in [7, 11) is 0. The molecular weight excluding hydrogens is 411 g/mol. The number of aliphatic hydroxyl groups excluding tert-OH is 1. The molecule has 1 saturated carbocycles. The zero-order chi connectivity index (χ0) is 21.8. The summed E-state index contributed by atoms with van der Waals surface area (Å²) < 4.78 is 39.2. The van der Waals surface area contributed by atoms with E-state index < -0.39 is 29.9 Å². The first-order valence-electron chi connectivity index (χ1n) is 9.55. The molecule has 10 heteroatoms. The smallest absolute Gasteiger partial charge is 0.391 e. The highest BCUT2D eigenvalue weighted by molar-refractivity contribution is 6.03. The second kappa shape index (κ2) is 7.02. The Hall–Kier alpha value is -3.53. The molecule has 1 fully saturated rings. The van der Waals surface area contributed by atoms with Crippen LogP contribution >= 0.6 is 0 Å². The summed E-state index contributed by atoms with van der Waals surface area (Å²) in [4.78, 5) is 26.5. The number of fused-ring (bicyclic) bond motifs is 3. The second-order valence-electron chi connectivity index (χ2n) is 7.51. The van der Waals surface area contributed by atoms with Crippen molar-refractivity contribution < 1.29 is 23.1 Å². The van der Waals surface area contributed by atoms with Crippen molar-refractivity contribution in [2.24, 2.45) is 0 Å². The van der Waals surface area contributed by atoms with E-state index in [-0.39, 0.29) is 17.2 Å². The molecule has 2 unspecified atom stereocenters. The molecular formula is C21H16F3N5O2. The standard InChI is InChI=1S/C21H16F3N5O2/c22-21(23,24)12-6-11(8-26-9-12)16-4-3-14-15-7-17(30)18(15)29(19(14)28-16)20(31)27-13-2-1-5-25-10-13/h1-6,8-10,15,17-18,30H,7H2,(H,27,31)/t15?,17-,18?/m1/s1. The highest BCUT2D eigenvalue weighted by Gasteiger charge is 2.54. The summed E-state index contributed by atoms with van der Waals surface area (Å²) in [6, 6.07) is 6.71. The van der Waals surface area contributed by atoms with Crippen molar-refractivity contribution in [1.82, 2.24) is 15.0 Å². The van der Waals surface area contributed by atoms with Gasteiger partial charge in [-0.1, -0.05) is 6.07 Å². The van der Waals surface area contributed by atoms with Gasteiger partial charge in [-0.3, -0.25) is 14.9 Å². The van der Waals surface area contributed by atoms with Gasteiger partial charge in [-0.15, -0.1) is 0 Å². The minimum Gasteiger partial charge on any atom is -0.391 e. The number of amides is 2. The molecule has 5 rings (SSSR count). The Labute approximate surface area is 174 Å². The lowest BCUT2D eigenvalue weighted by Crippen LogP contribution is -2.55. The maximum absolute atomic E-state index is 13.1. The molecule has 0 spiro atoms. The summed E-state index contributed by atoms with van der Waals surface area (Å²) in [6.07, 6.45) is 0.353. The molecule has 2 amide bonds. The third-order valence-electron chi connectivity index (χ3n) is 5.63. The molecule has 3 aromatic heterocycles. The molecule has 0 saturated heterocycles. The van der Waals surface area contributed by atoms with Crippen LogP contribution < -0.4 is 10.2 Å². The van der Waals surface area contributed by atoms with Gasteiger partial charge in [-0.25, -0.2) is 9.78 Å². The first kappa shape index (κ1) is 19.4. The molecule has 1 aliphatic carbocycles. The van der Waals surface area contributed by atoms with Gasteiger partial charge in [0, 0.05) is 35.6 Å². The van der Waals surface area contributed by atoms with Gasteiger partial charge in [0.25, 0.3) is 0 Å². The zero-order valence-electron chi connectivity index (χ0n) is 15.9. The number of hydrogen-bond donors (Lipinski definition) is 2. The predicted octanol–water partition coefficient (Wildman–Crippen LogP) is 3.83.